The lowest BCUT2D eigenvalue weighted by Gasteiger charge is -2.03. The molecule has 2 N–H and O–H groups in total. The van der Waals surface area contributed by atoms with Crippen LogP contribution in [-0.2, 0) is 11.3 Å². The summed E-state index contributed by atoms with van der Waals surface area (Å²) >= 11 is 0. The van der Waals surface area contributed by atoms with Gasteiger partial charge in [-0.2, -0.15) is 0 Å². The van der Waals surface area contributed by atoms with E-state index in [1.807, 2.05) is 6.92 Å². The Kier molecular flexibility index (Phi) is 5.38. The number of nitrogens with one attached hydrogen (secondary N) is 1. The molecule has 0 atom stereocenters. The summed E-state index contributed by atoms with van der Waals surface area (Å²) in [5.41, 5.74) is 0.895. The van der Waals surface area contributed by atoms with Crippen molar-refractivity contribution >= 4 is 5.97 Å². The van der Waals surface area contributed by atoms with Gasteiger partial charge < -0.3 is 19.7 Å². The molecule has 17 heavy (non-hydrogen) atoms. The van der Waals surface area contributed by atoms with Crippen molar-refractivity contribution in [1.82, 2.24) is 10.5 Å². The van der Waals surface area contributed by atoms with Gasteiger partial charge in [0, 0.05) is 12.6 Å². The van der Waals surface area contributed by atoms with E-state index < -0.39 is 5.97 Å². The summed E-state index contributed by atoms with van der Waals surface area (Å²) in [6, 6.07) is 1.39. The number of aromatic nitrogens is 1. The van der Waals surface area contributed by atoms with E-state index in [0.29, 0.717) is 32.1 Å². The van der Waals surface area contributed by atoms with Crippen LogP contribution in [0.25, 0.3) is 0 Å². The summed E-state index contributed by atoms with van der Waals surface area (Å²) in [4.78, 5) is 10.5. The van der Waals surface area contributed by atoms with E-state index in [4.69, 9.17) is 14.4 Å². The lowest BCUT2D eigenvalue weighted by molar-refractivity contribution is 0.0685. The zero-order valence-electron chi connectivity index (χ0n) is 9.73. The third-order valence-electron chi connectivity index (χ3n) is 1.85. The van der Waals surface area contributed by atoms with Gasteiger partial charge >= 0.3 is 5.97 Å². The number of hydrogen-bond acceptors (Lipinski definition) is 5. The average molecular weight is 240 g/mol. The zero-order chi connectivity index (χ0) is 12.7. The molecular weight excluding hydrogens is 224 g/mol. The summed E-state index contributed by atoms with van der Waals surface area (Å²) in [6.07, 6.45) is 0. The van der Waals surface area contributed by atoms with Crippen molar-refractivity contribution in [3.63, 3.8) is 0 Å². The van der Waals surface area contributed by atoms with Gasteiger partial charge in [-0.1, -0.05) is 17.3 Å². The van der Waals surface area contributed by atoms with E-state index in [2.05, 4.69) is 17.1 Å². The third-order valence-corrected chi connectivity index (χ3v) is 1.85. The van der Waals surface area contributed by atoms with E-state index in [1.54, 1.807) is 0 Å². The second kappa shape index (κ2) is 6.82. The van der Waals surface area contributed by atoms with Crippen molar-refractivity contribution in [3.05, 3.63) is 29.7 Å². The van der Waals surface area contributed by atoms with Crippen LogP contribution in [0, 0.1) is 0 Å². The SMILES string of the molecule is C=C(C)COCCNCc1cc(C(=O)O)no1. The molecule has 0 aromatic carbocycles. The van der Waals surface area contributed by atoms with Crippen LogP contribution in [0.2, 0.25) is 0 Å². The van der Waals surface area contributed by atoms with Crippen molar-refractivity contribution in [1.29, 1.82) is 0 Å². The topological polar surface area (TPSA) is 84.6 Å². The quantitative estimate of drug-likeness (QED) is 0.522. The maximum atomic E-state index is 10.5. The number of carboxylic acids is 1. The predicted molar refractivity (Wildman–Crippen MR) is 60.8 cm³/mol. The van der Waals surface area contributed by atoms with Crippen molar-refractivity contribution in [3.8, 4) is 0 Å². The molecule has 0 aliphatic carbocycles. The van der Waals surface area contributed by atoms with E-state index in [1.165, 1.54) is 6.07 Å². The molecule has 0 radical (unpaired) electrons. The molecule has 0 amide bonds. The third kappa shape index (κ3) is 5.28. The second-order valence-electron chi connectivity index (χ2n) is 3.67. The number of nitrogens with zero attached hydrogens (tertiary/aromatic N) is 1. The van der Waals surface area contributed by atoms with Gasteiger partial charge in [-0.05, 0) is 6.92 Å². The summed E-state index contributed by atoms with van der Waals surface area (Å²) in [7, 11) is 0. The van der Waals surface area contributed by atoms with Gasteiger partial charge in [-0.3, -0.25) is 0 Å². The second-order valence-corrected chi connectivity index (χ2v) is 3.67. The van der Waals surface area contributed by atoms with Crippen molar-refractivity contribution in [2.45, 2.75) is 13.5 Å². The summed E-state index contributed by atoms with van der Waals surface area (Å²) in [5, 5.41) is 15.1. The molecule has 0 unspecified atom stereocenters. The molecule has 1 aromatic rings. The number of carboxylic acid groups (broad SMARTS) is 1. The van der Waals surface area contributed by atoms with E-state index in [-0.39, 0.29) is 5.69 Å². The smallest absolute Gasteiger partial charge is 0.358 e. The first kappa shape index (κ1) is 13.4. The van der Waals surface area contributed by atoms with E-state index in [0.717, 1.165) is 5.57 Å². The lowest BCUT2D eigenvalue weighted by atomic mass is 10.3. The molecule has 0 saturated heterocycles. The summed E-state index contributed by atoms with van der Waals surface area (Å²) < 4.78 is 10.1. The van der Waals surface area contributed by atoms with E-state index >= 15 is 0 Å². The average Bonchev–Trinajstić information content (AvgIpc) is 2.71. The van der Waals surface area contributed by atoms with Crippen LogP contribution in [0.3, 0.4) is 0 Å². The minimum Gasteiger partial charge on any atom is -0.476 e. The number of carbonyl (C=O) groups is 1. The highest BCUT2D eigenvalue weighted by Gasteiger charge is 2.09. The number of rotatable bonds is 8. The Labute approximate surface area is 99.2 Å². The lowest BCUT2D eigenvalue weighted by Crippen LogP contribution is -2.19. The van der Waals surface area contributed by atoms with Crippen LogP contribution in [0.15, 0.2) is 22.7 Å². The fourth-order valence-electron chi connectivity index (χ4n) is 1.10. The van der Waals surface area contributed by atoms with E-state index in [9.17, 15) is 4.79 Å². The molecule has 0 aliphatic heterocycles. The number of hydrogen-bond donors (Lipinski definition) is 2. The van der Waals surface area contributed by atoms with Crippen LogP contribution < -0.4 is 5.32 Å². The van der Waals surface area contributed by atoms with Crippen LogP contribution in [0.1, 0.15) is 23.2 Å². The van der Waals surface area contributed by atoms with Gasteiger partial charge in [0.1, 0.15) is 0 Å². The Hall–Kier alpha value is -1.66. The molecule has 6 nitrogen and oxygen atoms in total. The molecule has 0 aliphatic rings. The first-order chi connectivity index (χ1) is 8.09. The number of ether oxygens (including phenoxy) is 1. The molecule has 6 heteroatoms. The Balaban J connectivity index is 2.13. The molecule has 1 rings (SSSR count). The molecule has 1 aromatic heterocycles. The fraction of sp³-hybridized carbons (Fsp3) is 0.455. The number of aromatic carboxylic acids is 1. The van der Waals surface area contributed by atoms with Crippen molar-refractivity contribution < 1.29 is 19.2 Å². The van der Waals surface area contributed by atoms with Gasteiger partial charge in [-0.15, -0.1) is 0 Å². The fourth-order valence-corrected chi connectivity index (χ4v) is 1.10. The Morgan fingerprint density at radius 3 is 3.06 bits per heavy atom. The highest BCUT2D eigenvalue weighted by atomic mass is 16.5. The zero-order valence-corrected chi connectivity index (χ0v) is 9.73. The molecule has 0 spiro atoms. The van der Waals surface area contributed by atoms with Crippen LogP contribution in [-0.4, -0.2) is 36.0 Å². The predicted octanol–water partition coefficient (Wildman–Crippen LogP) is 1.06. The normalized spacial score (nSPS) is 10.4. The molecule has 0 fully saturated rings. The van der Waals surface area contributed by atoms with Gasteiger partial charge in [0.05, 0.1) is 19.8 Å². The summed E-state index contributed by atoms with van der Waals surface area (Å²) in [5.74, 6) is -0.605. The first-order valence-electron chi connectivity index (χ1n) is 5.21. The molecule has 0 bridgehead atoms. The molecule has 94 valence electrons. The monoisotopic (exact) mass is 240 g/mol. The Morgan fingerprint density at radius 2 is 2.47 bits per heavy atom. The largest absolute Gasteiger partial charge is 0.476 e. The van der Waals surface area contributed by atoms with Crippen LogP contribution >= 0.6 is 0 Å². The minimum atomic E-state index is -1.09. The van der Waals surface area contributed by atoms with Gasteiger partial charge in [-0.25, -0.2) is 4.79 Å². The Bertz CT molecular complexity index is 387. The van der Waals surface area contributed by atoms with Gasteiger partial charge in [0.2, 0.25) is 0 Å². The maximum Gasteiger partial charge on any atom is 0.358 e. The van der Waals surface area contributed by atoms with Crippen LogP contribution in [0.4, 0.5) is 0 Å². The molecule has 1 heterocycles. The first-order valence-corrected chi connectivity index (χ1v) is 5.21. The highest BCUT2D eigenvalue weighted by Crippen LogP contribution is 2.02. The summed E-state index contributed by atoms with van der Waals surface area (Å²) in [6.45, 7) is 7.80. The molecular formula is C11H16N2O4. The van der Waals surface area contributed by atoms with Crippen LogP contribution in [0.5, 0.6) is 0 Å². The minimum absolute atomic E-state index is 0.0830. The maximum absolute atomic E-state index is 10.5. The Morgan fingerprint density at radius 1 is 1.71 bits per heavy atom. The van der Waals surface area contributed by atoms with Crippen molar-refractivity contribution in [2.24, 2.45) is 0 Å². The standard InChI is InChI=1S/C11H16N2O4/c1-8(2)7-16-4-3-12-6-9-5-10(11(14)15)13-17-9/h5,12H,1,3-4,6-7H2,2H3,(H,14,15). The van der Waals surface area contributed by atoms with Crippen molar-refractivity contribution in [2.75, 3.05) is 19.8 Å². The van der Waals surface area contributed by atoms with Gasteiger partial charge in [0.25, 0.3) is 0 Å². The highest BCUT2D eigenvalue weighted by molar-refractivity contribution is 5.85. The molecule has 0 saturated carbocycles. The van der Waals surface area contributed by atoms with Gasteiger partial charge in [0.15, 0.2) is 11.5 Å².